The largest absolute Gasteiger partial charge is 0.369 e. The summed E-state index contributed by atoms with van der Waals surface area (Å²) in [5.74, 6) is 0.536. The summed E-state index contributed by atoms with van der Waals surface area (Å²) < 4.78 is 0. The lowest BCUT2D eigenvalue weighted by atomic mass is 9.92. The fourth-order valence-electron chi connectivity index (χ4n) is 3.44. The van der Waals surface area contributed by atoms with E-state index in [0.717, 1.165) is 36.2 Å². The highest BCUT2D eigenvalue weighted by Gasteiger charge is 2.32. The van der Waals surface area contributed by atoms with Gasteiger partial charge in [0.15, 0.2) is 0 Å². The van der Waals surface area contributed by atoms with Crippen molar-refractivity contribution < 1.29 is 4.79 Å². The Hall–Kier alpha value is -2.24. The van der Waals surface area contributed by atoms with Crippen molar-refractivity contribution in [2.45, 2.75) is 19.4 Å². The van der Waals surface area contributed by atoms with Crippen LogP contribution in [0.25, 0.3) is 11.0 Å². The fourth-order valence-corrected chi connectivity index (χ4v) is 3.44. The van der Waals surface area contributed by atoms with Gasteiger partial charge in [-0.15, -0.1) is 0 Å². The van der Waals surface area contributed by atoms with Gasteiger partial charge >= 0.3 is 6.03 Å². The Morgan fingerprint density at radius 1 is 1.35 bits per heavy atom. The molecule has 1 fully saturated rings. The Bertz CT molecular complexity index is 695. The lowest BCUT2D eigenvalue weighted by molar-refractivity contribution is 0.140. The van der Waals surface area contributed by atoms with E-state index in [-0.39, 0.29) is 6.03 Å². The van der Waals surface area contributed by atoms with Crippen LogP contribution < -0.4 is 4.90 Å². The number of fused-ring (bicyclic) bond motifs is 1. The topological polar surface area (TPSA) is 55.5 Å². The second-order valence-electron chi connectivity index (χ2n) is 6.64. The van der Waals surface area contributed by atoms with Crippen LogP contribution >= 0.6 is 0 Å². The molecular weight excluding hydrogens is 290 g/mol. The van der Waals surface area contributed by atoms with E-state index in [2.05, 4.69) is 41.0 Å². The standard InChI is InChI=1S/C17H25N5O/c1-12-7-10-22(17(23)20(2)3)11-15(12)21(4)14-6-9-19-16-13(14)5-8-18-16/h5-6,8-9,12,15H,7,10-11H2,1-4H3,(H,18,19). The molecule has 1 N–H and O–H groups in total. The van der Waals surface area contributed by atoms with E-state index in [9.17, 15) is 4.79 Å². The number of hydrogen-bond donors (Lipinski definition) is 1. The van der Waals surface area contributed by atoms with Crippen LogP contribution in [0.5, 0.6) is 0 Å². The van der Waals surface area contributed by atoms with Crippen molar-refractivity contribution in [1.29, 1.82) is 0 Å². The number of hydrogen-bond acceptors (Lipinski definition) is 3. The maximum atomic E-state index is 12.3. The first-order valence-corrected chi connectivity index (χ1v) is 8.10. The molecule has 124 valence electrons. The highest BCUT2D eigenvalue weighted by Crippen LogP contribution is 2.30. The molecule has 6 nitrogen and oxygen atoms in total. The highest BCUT2D eigenvalue weighted by molar-refractivity contribution is 5.89. The van der Waals surface area contributed by atoms with Crippen LogP contribution in [0, 0.1) is 5.92 Å². The van der Waals surface area contributed by atoms with Crippen molar-refractivity contribution in [3.63, 3.8) is 0 Å². The van der Waals surface area contributed by atoms with Gasteiger partial charge in [0, 0.05) is 63.7 Å². The molecule has 3 heterocycles. The van der Waals surface area contributed by atoms with Crippen LogP contribution in [0.2, 0.25) is 0 Å². The summed E-state index contributed by atoms with van der Waals surface area (Å²) in [5, 5.41) is 1.12. The van der Waals surface area contributed by atoms with Crippen molar-refractivity contribution in [3.8, 4) is 0 Å². The smallest absolute Gasteiger partial charge is 0.319 e. The van der Waals surface area contributed by atoms with Crippen molar-refractivity contribution in [1.82, 2.24) is 19.8 Å². The Balaban J connectivity index is 1.86. The summed E-state index contributed by atoms with van der Waals surface area (Å²) in [6, 6.07) is 4.50. The number of aromatic nitrogens is 2. The zero-order valence-corrected chi connectivity index (χ0v) is 14.3. The normalized spacial score (nSPS) is 21.5. The molecule has 6 heteroatoms. The van der Waals surface area contributed by atoms with Crippen molar-refractivity contribution in [3.05, 3.63) is 24.5 Å². The average Bonchev–Trinajstić information content (AvgIpc) is 3.02. The number of nitrogens with zero attached hydrogens (tertiary/aromatic N) is 4. The number of carbonyl (C=O) groups is 1. The predicted octanol–water partition coefficient (Wildman–Crippen LogP) is 2.39. The Labute approximate surface area is 137 Å². The number of likely N-dealkylation sites (N-methyl/N-ethyl adjacent to an activating group) is 1. The summed E-state index contributed by atoms with van der Waals surface area (Å²) in [6.45, 7) is 3.86. The Morgan fingerprint density at radius 2 is 2.13 bits per heavy atom. The van der Waals surface area contributed by atoms with Crippen molar-refractivity contribution in [2.24, 2.45) is 5.92 Å². The molecule has 2 aromatic heterocycles. The number of H-pyrrole nitrogens is 1. The van der Waals surface area contributed by atoms with Gasteiger partial charge in [0.1, 0.15) is 5.65 Å². The van der Waals surface area contributed by atoms with Gasteiger partial charge in [-0.3, -0.25) is 0 Å². The van der Waals surface area contributed by atoms with Gasteiger partial charge in [0.25, 0.3) is 0 Å². The van der Waals surface area contributed by atoms with Gasteiger partial charge < -0.3 is 19.7 Å². The lowest BCUT2D eigenvalue weighted by Gasteiger charge is -2.43. The number of aromatic amines is 1. The van der Waals surface area contributed by atoms with Crippen molar-refractivity contribution in [2.75, 3.05) is 39.1 Å². The SMILES string of the molecule is CC1CCN(C(=O)N(C)C)CC1N(C)c1ccnc2[nH]ccc12. The zero-order valence-electron chi connectivity index (χ0n) is 14.3. The minimum atomic E-state index is 0.0943. The van der Waals surface area contributed by atoms with E-state index in [1.807, 2.05) is 31.4 Å². The van der Waals surface area contributed by atoms with Crippen LogP contribution in [-0.4, -0.2) is 66.1 Å². The third-order valence-electron chi connectivity index (χ3n) is 4.89. The van der Waals surface area contributed by atoms with Crippen LogP contribution in [-0.2, 0) is 0 Å². The van der Waals surface area contributed by atoms with E-state index >= 15 is 0 Å². The number of carbonyl (C=O) groups excluding carboxylic acids is 1. The number of likely N-dealkylation sites (tertiary alicyclic amines) is 1. The number of amides is 2. The number of piperidine rings is 1. The molecule has 0 spiro atoms. The molecule has 0 radical (unpaired) electrons. The summed E-state index contributed by atoms with van der Waals surface area (Å²) in [7, 11) is 5.74. The van der Waals surface area contributed by atoms with E-state index in [1.165, 1.54) is 0 Å². The van der Waals surface area contributed by atoms with Gasteiger partial charge in [-0.05, 0) is 24.5 Å². The zero-order chi connectivity index (χ0) is 16.6. The third kappa shape index (κ3) is 2.85. The number of anilines is 1. The molecule has 0 aliphatic carbocycles. The first kappa shape index (κ1) is 15.6. The Kier molecular flexibility index (Phi) is 4.15. The molecule has 0 bridgehead atoms. The fraction of sp³-hybridized carbons (Fsp3) is 0.529. The van der Waals surface area contributed by atoms with Gasteiger partial charge in [0.2, 0.25) is 0 Å². The number of rotatable bonds is 2. The second kappa shape index (κ2) is 6.10. The molecule has 2 aromatic rings. The van der Waals surface area contributed by atoms with Crippen LogP contribution in [0.15, 0.2) is 24.5 Å². The van der Waals surface area contributed by atoms with Gasteiger partial charge in [-0.1, -0.05) is 6.92 Å². The summed E-state index contributed by atoms with van der Waals surface area (Å²) >= 11 is 0. The molecule has 23 heavy (non-hydrogen) atoms. The van der Waals surface area contributed by atoms with E-state index in [4.69, 9.17) is 0 Å². The number of pyridine rings is 1. The molecule has 1 aliphatic heterocycles. The average molecular weight is 315 g/mol. The van der Waals surface area contributed by atoms with Crippen molar-refractivity contribution >= 4 is 22.8 Å². The maximum Gasteiger partial charge on any atom is 0.319 e. The quantitative estimate of drug-likeness (QED) is 0.926. The lowest BCUT2D eigenvalue weighted by Crippen LogP contribution is -2.54. The van der Waals surface area contributed by atoms with E-state index in [1.54, 1.807) is 4.90 Å². The molecular formula is C17H25N5O. The molecule has 2 unspecified atom stereocenters. The Morgan fingerprint density at radius 3 is 2.87 bits per heavy atom. The van der Waals surface area contributed by atoms with Gasteiger partial charge in [-0.2, -0.15) is 0 Å². The highest BCUT2D eigenvalue weighted by atomic mass is 16.2. The molecule has 2 amide bonds. The molecule has 1 saturated heterocycles. The van der Waals surface area contributed by atoms with Crippen LogP contribution in [0.4, 0.5) is 10.5 Å². The third-order valence-corrected chi connectivity index (χ3v) is 4.89. The number of nitrogens with one attached hydrogen (secondary N) is 1. The molecule has 3 rings (SSSR count). The summed E-state index contributed by atoms with van der Waals surface area (Å²) in [5.41, 5.74) is 2.06. The maximum absolute atomic E-state index is 12.3. The molecule has 1 aliphatic rings. The minimum Gasteiger partial charge on any atom is -0.369 e. The first-order valence-electron chi connectivity index (χ1n) is 8.10. The predicted molar refractivity (Wildman–Crippen MR) is 92.7 cm³/mol. The number of urea groups is 1. The molecule has 2 atom stereocenters. The van der Waals surface area contributed by atoms with Crippen LogP contribution in [0.1, 0.15) is 13.3 Å². The summed E-state index contributed by atoms with van der Waals surface area (Å²) in [4.78, 5) is 25.7. The van der Waals surface area contributed by atoms with Gasteiger partial charge in [0.05, 0.1) is 0 Å². The molecule has 0 aromatic carbocycles. The minimum absolute atomic E-state index is 0.0943. The molecule has 0 saturated carbocycles. The summed E-state index contributed by atoms with van der Waals surface area (Å²) in [6.07, 6.45) is 4.78. The van der Waals surface area contributed by atoms with Gasteiger partial charge in [-0.25, -0.2) is 9.78 Å². The second-order valence-corrected chi connectivity index (χ2v) is 6.64. The van der Waals surface area contributed by atoms with E-state index in [0.29, 0.717) is 12.0 Å². The van der Waals surface area contributed by atoms with Crippen LogP contribution in [0.3, 0.4) is 0 Å². The first-order chi connectivity index (χ1) is 11.0. The van der Waals surface area contributed by atoms with E-state index < -0.39 is 0 Å². The monoisotopic (exact) mass is 315 g/mol.